The van der Waals surface area contributed by atoms with Crippen molar-refractivity contribution in [3.8, 4) is 0 Å². The van der Waals surface area contributed by atoms with E-state index in [4.69, 9.17) is 0 Å². The number of aryl methyl sites for hydroxylation is 2. The highest BCUT2D eigenvalue weighted by Gasteiger charge is 2.30. The Morgan fingerprint density at radius 3 is 1.32 bits per heavy atom. The monoisotopic (exact) mass is 891 g/mol. The first-order valence-corrected chi connectivity index (χ1v) is 26.3. The molecule has 0 spiro atoms. The topological polar surface area (TPSA) is 54.1 Å². The minimum atomic E-state index is 0.177. The Kier molecular flexibility index (Phi) is 30.0. The number of nitrogens with one attached hydrogen (secondary N) is 2. The fraction of sp³-hybridized carbons (Fsp3) is 0.569. The number of hydrogen-bond donors (Lipinski definition) is 2. The van der Waals surface area contributed by atoms with Crippen LogP contribution < -0.4 is 20.4 Å². The molecule has 4 aliphatic rings. The number of hydrogen-bond acceptors (Lipinski definition) is 6. The summed E-state index contributed by atoms with van der Waals surface area (Å²) in [7, 11) is 0. The molecule has 0 bridgehead atoms. The first-order valence-electron chi connectivity index (χ1n) is 26.3. The highest BCUT2D eigenvalue weighted by Crippen LogP contribution is 2.35. The van der Waals surface area contributed by atoms with Gasteiger partial charge in [0.15, 0.2) is 0 Å². The Bertz CT molecular complexity index is 1750. The first-order chi connectivity index (χ1) is 32.1. The molecule has 2 saturated heterocycles. The number of carbonyl (C=O) groups is 1. The Hall–Kier alpha value is -4.17. The van der Waals surface area contributed by atoms with Crippen LogP contribution in [0.25, 0.3) is 0 Å². The van der Waals surface area contributed by atoms with Crippen LogP contribution in [0.4, 0.5) is 11.4 Å². The van der Waals surface area contributed by atoms with Gasteiger partial charge in [-0.1, -0.05) is 168 Å². The minimum Gasteiger partial charge on any atom is -0.369 e. The average molecular weight is 891 g/mol. The van der Waals surface area contributed by atoms with Crippen LogP contribution in [-0.2, 0) is 17.6 Å². The number of anilines is 2. The largest absolute Gasteiger partial charge is 0.369 e. The lowest BCUT2D eigenvalue weighted by molar-refractivity contribution is -0.123. The van der Waals surface area contributed by atoms with E-state index < -0.39 is 0 Å². The Morgan fingerprint density at radius 2 is 0.877 bits per heavy atom. The molecule has 8 rings (SSSR count). The molecule has 4 unspecified atom stereocenters. The van der Waals surface area contributed by atoms with Crippen molar-refractivity contribution in [3.05, 3.63) is 131 Å². The Balaban J connectivity index is 0.000000375. The lowest BCUT2D eigenvalue weighted by atomic mass is 9.78. The van der Waals surface area contributed by atoms with Gasteiger partial charge < -0.3 is 20.4 Å². The van der Waals surface area contributed by atoms with Gasteiger partial charge in [-0.15, -0.1) is 0 Å². The second-order valence-electron chi connectivity index (χ2n) is 16.0. The maximum absolute atomic E-state index is 12.7. The molecule has 7 heteroatoms. The van der Waals surface area contributed by atoms with Crippen molar-refractivity contribution in [1.29, 1.82) is 0 Å². The molecule has 65 heavy (non-hydrogen) atoms. The normalized spacial score (nSPS) is 19.8. The zero-order chi connectivity index (χ0) is 47.8. The summed E-state index contributed by atoms with van der Waals surface area (Å²) < 4.78 is 0. The summed E-state index contributed by atoms with van der Waals surface area (Å²) >= 11 is 0. The highest BCUT2D eigenvalue weighted by molar-refractivity contribution is 5.78. The molecule has 4 aromatic rings. The second kappa shape index (κ2) is 34.2. The van der Waals surface area contributed by atoms with Crippen LogP contribution in [0.3, 0.4) is 0 Å². The van der Waals surface area contributed by atoms with Gasteiger partial charge >= 0.3 is 0 Å². The number of amides is 1. The summed E-state index contributed by atoms with van der Waals surface area (Å²) in [5.74, 6) is 1.28. The summed E-state index contributed by atoms with van der Waals surface area (Å²) in [6.07, 6.45) is 6.90. The standard InChI is InChI=1S/C24H31N3O.C24H33N3.5C2H6/c1-2-21-22-11-7-6-8-19(22)12-13-23(21)25-24(28)18-26-14-16-27(17-15-26)20-9-4-3-5-10-20;1-2-22-23-11-7-6-8-20(23)12-13-24(22)25-14-15-26-16-18-27(19-17-26)21-9-4-3-5-10-21;5*1-2/h3-11,21,23H,2,12-18H2,1H3,(H,25,28);3-11,22,24-25H,2,12-19H2,1H3;5*1-2H3. The van der Waals surface area contributed by atoms with Gasteiger partial charge in [0.05, 0.1) is 6.54 Å². The van der Waals surface area contributed by atoms with Crippen LogP contribution in [0.15, 0.2) is 109 Å². The fourth-order valence-electron chi connectivity index (χ4n) is 9.67. The first kappa shape index (κ1) is 57.0. The van der Waals surface area contributed by atoms with Crippen LogP contribution >= 0.6 is 0 Å². The third-order valence-electron chi connectivity index (χ3n) is 12.7. The molecule has 2 fully saturated rings. The number of benzene rings is 4. The Morgan fingerprint density at radius 1 is 0.492 bits per heavy atom. The van der Waals surface area contributed by atoms with E-state index in [1.165, 1.54) is 54.9 Å². The molecule has 4 atom stereocenters. The smallest absolute Gasteiger partial charge is 0.234 e. The van der Waals surface area contributed by atoms with Gasteiger partial charge in [0.1, 0.15) is 0 Å². The zero-order valence-electron chi connectivity index (χ0n) is 43.4. The molecule has 2 N–H and O–H groups in total. The maximum Gasteiger partial charge on any atom is 0.234 e. The number of piperazine rings is 2. The number of para-hydroxylation sites is 2. The van der Waals surface area contributed by atoms with E-state index in [1.54, 1.807) is 11.1 Å². The lowest BCUT2D eigenvalue weighted by Gasteiger charge is -2.37. The van der Waals surface area contributed by atoms with Crippen molar-refractivity contribution in [2.24, 2.45) is 0 Å². The van der Waals surface area contributed by atoms with Crippen molar-refractivity contribution < 1.29 is 4.79 Å². The molecular weight excluding hydrogens is 797 g/mol. The number of rotatable bonds is 11. The van der Waals surface area contributed by atoms with Crippen molar-refractivity contribution in [2.75, 3.05) is 81.8 Å². The molecule has 2 aliphatic carbocycles. The molecule has 7 nitrogen and oxygen atoms in total. The number of fused-ring (bicyclic) bond motifs is 2. The fourth-order valence-corrected chi connectivity index (χ4v) is 9.67. The van der Waals surface area contributed by atoms with Gasteiger partial charge in [-0.3, -0.25) is 14.6 Å². The van der Waals surface area contributed by atoms with E-state index in [2.05, 4.69) is 153 Å². The quantitative estimate of drug-likeness (QED) is 0.156. The third-order valence-corrected chi connectivity index (χ3v) is 12.7. The molecule has 0 aromatic heterocycles. The Labute approximate surface area is 399 Å². The predicted octanol–water partition coefficient (Wildman–Crippen LogP) is 12.5. The number of nitrogens with zero attached hydrogens (tertiary/aromatic N) is 4. The SMILES string of the molecule is CC.CC.CC.CC.CC.CCC1c2ccccc2CCC1NC(=O)CN1CCN(c2ccccc2)CC1.CCC1c2ccccc2CCC1NCCN1CCN(c2ccccc2)CC1. The summed E-state index contributed by atoms with van der Waals surface area (Å²) in [5, 5.41) is 7.26. The van der Waals surface area contributed by atoms with Crippen LogP contribution in [0.2, 0.25) is 0 Å². The van der Waals surface area contributed by atoms with Crippen LogP contribution in [0.5, 0.6) is 0 Å². The average Bonchev–Trinajstić information content (AvgIpc) is 3.40. The van der Waals surface area contributed by atoms with Crippen LogP contribution in [0.1, 0.15) is 143 Å². The zero-order valence-corrected chi connectivity index (χ0v) is 43.4. The van der Waals surface area contributed by atoms with Gasteiger partial charge in [0, 0.05) is 94.8 Å². The van der Waals surface area contributed by atoms with Gasteiger partial charge in [-0.05, 0) is 91.0 Å². The molecule has 2 aliphatic heterocycles. The van der Waals surface area contributed by atoms with Crippen LogP contribution in [-0.4, -0.2) is 99.8 Å². The summed E-state index contributed by atoms with van der Waals surface area (Å²) in [6.45, 7) is 35.8. The summed E-state index contributed by atoms with van der Waals surface area (Å²) in [6, 6.07) is 40.0. The minimum absolute atomic E-state index is 0.177. The molecule has 0 radical (unpaired) electrons. The van der Waals surface area contributed by atoms with E-state index in [9.17, 15) is 4.79 Å². The number of carbonyl (C=O) groups excluding carboxylic acids is 1. The summed E-state index contributed by atoms with van der Waals surface area (Å²) in [4.78, 5) is 22.5. The highest BCUT2D eigenvalue weighted by atomic mass is 16.2. The third kappa shape index (κ3) is 17.9. The van der Waals surface area contributed by atoms with E-state index in [0.717, 1.165) is 71.6 Å². The lowest BCUT2D eigenvalue weighted by Crippen LogP contribution is -2.51. The molecule has 0 saturated carbocycles. The molecule has 4 aromatic carbocycles. The van der Waals surface area contributed by atoms with Crippen molar-refractivity contribution in [2.45, 2.75) is 146 Å². The van der Waals surface area contributed by atoms with Crippen molar-refractivity contribution >= 4 is 17.3 Å². The summed E-state index contributed by atoms with van der Waals surface area (Å²) in [5.41, 5.74) is 8.68. The van der Waals surface area contributed by atoms with Gasteiger partial charge in [-0.2, -0.15) is 0 Å². The van der Waals surface area contributed by atoms with E-state index in [0.29, 0.717) is 24.4 Å². The van der Waals surface area contributed by atoms with E-state index >= 15 is 0 Å². The van der Waals surface area contributed by atoms with Crippen LogP contribution in [0, 0.1) is 0 Å². The molecular formula is C58H94N6O. The molecule has 1 amide bonds. The molecule has 362 valence electrons. The van der Waals surface area contributed by atoms with Gasteiger partial charge in [0.25, 0.3) is 0 Å². The van der Waals surface area contributed by atoms with E-state index in [1.807, 2.05) is 69.2 Å². The van der Waals surface area contributed by atoms with Gasteiger partial charge in [0.2, 0.25) is 5.91 Å². The second-order valence-corrected chi connectivity index (χ2v) is 16.0. The molecule has 2 heterocycles. The van der Waals surface area contributed by atoms with E-state index in [-0.39, 0.29) is 11.9 Å². The maximum atomic E-state index is 12.7. The van der Waals surface area contributed by atoms with Crippen molar-refractivity contribution in [1.82, 2.24) is 20.4 Å². The van der Waals surface area contributed by atoms with Crippen molar-refractivity contribution in [3.63, 3.8) is 0 Å². The predicted molar refractivity (Wildman–Crippen MR) is 286 cm³/mol. The van der Waals surface area contributed by atoms with Gasteiger partial charge in [-0.25, -0.2) is 0 Å².